The summed E-state index contributed by atoms with van der Waals surface area (Å²) in [6.45, 7) is 3.76. The molecule has 3 aliphatic heterocycles. The first-order chi connectivity index (χ1) is 14.0. The van der Waals surface area contributed by atoms with Crippen LogP contribution in [0.5, 0.6) is 5.75 Å². The molecule has 4 aliphatic rings. The van der Waals surface area contributed by atoms with E-state index in [0.717, 1.165) is 57.4 Å². The number of hydrogen-bond acceptors (Lipinski definition) is 3. The maximum Gasteiger partial charge on any atom is 0.228 e. The number of carbonyl (C=O) groups is 2. The normalized spacial score (nSPS) is 32.6. The number of rotatable bonds is 4. The lowest BCUT2D eigenvalue weighted by atomic mass is 9.70. The molecule has 1 aliphatic carbocycles. The molecule has 2 amide bonds. The van der Waals surface area contributed by atoms with Gasteiger partial charge in [0.15, 0.2) is 0 Å². The quantitative estimate of drug-likeness (QED) is 0.785. The Kier molecular flexibility index (Phi) is 4.60. The molecule has 3 saturated heterocycles. The number of hydrogen-bond donors (Lipinski definition) is 0. The van der Waals surface area contributed by atoms with Crippen LogP contribution in [0, 0.1) is 17.3 Å². The van der Waals surface area contributed by atoms with Crippen LogP contribution in [0.15, 0.2) is 24.3 Å². The number of likely N-dealkylation sites (tertiary alicyclic amines) is 1. The fourth-order valence-electron chi connectivity index (χ4n) is 6.03. The zero-order chi connectivity index (χ0) is 20.2. The third-order valence-corrected chi connectivity index (χ3v) is 7.88. The summed E-state index contributed by atoms with van der Waals surface area (Å²) >= 11 is 0. The predicted molar refractivity (Wildman–Crippen MR) is 110 cm³/mol. The Morgan fingerprint density at radius 3 is 2.79 bits per heavy atom. The van der Waals surface area contributed by atoms with E-state index in [0.29, 0.717) is 36.1 Å². The highest BCUT2D eigenvalue weighted by atomic mass is 16.5. The molecule has 5 rings (SSSR count). The zero-order valence-electron chi connectivity index (χ0n) is 17.6. The number of methoxy groups -OCH3 is 1. The molecule has 0 spiro atoms. The van der Waals surface area contributed by atoms with Crippen LogP contribution in [-0.4, -0.2) is 53.9 Å². The minimum absolute atomic E-state index is 0.115. The Morgan fingerprint density at radius 1 is 1.24 bits per heavy atom. The van der Waals surface area contributed by atoms with Gasteiger partial charge in [-0.15, -0.1) is 0 Å². The maximum absolute atomic E-state index is 13.1. The fraction of sp³-hybridized carbons (Fsp3) is 0.667. The SMILES string of the molecule is COc1cccc(C[C@H]2[C@H]3C[C@H](CN(C(=O)C4(C)CC4)C3)[C@@H]3CCCC(=O)N32)c1. The van der Waals surface area contributed by atoms with E-state index in [1.165, 1.54) is 5.56 Å². The highest BCUT2D eigenvalue weighted by molar-refractivity contribution is 5.85. The summed E-state index contributed by atoms with van der Waals surface area (Å²) in [6, 6.07) is 8.69. The van der Waals surface area contributed by atoms with E-state index < -0.39 is 0 Å². The van der Waals surface area contributed by atoms with Gasteiger partial charge in [0.1, 0.15) is 5.75 Å². The second kappa shape index (κ2) is 7.03. The molecule has 4 atom stereocenters. The first-order valence-electron chi connectivity index (χ1n) is 11.2. The first-order valence-corrected chi connectivity index (χ1v) is 11.2. The maximum atomic E-state index is 13.1. The second-order valence-corrected chi connectivity index (χ2v) is 9.91. The summed E-state index contributed by atoms with van der Waals surface area (Å²) < 4.78 is 5.41. The van der Waals surface area contributed by atoms with Crippen LogP contribution in [0.2, 0.25) is 0 Å². The van der Waals surface area contributed by atoms with E-state index in [1.54, 1.807) is 7.11 Å². The molecular formula is C24H32N2O3. The summed E-state index contributed by atoms with van der Waals surface area (Å²) in [5.74, 6) is 2.33. The molecule has 156 valence electrons. The molecule has 0 aromatic heterocycles. The van der Waals surface area contributed by atoms with Crippen molar-refractivity contribution in [1.82, 2.24) is 9.80 Å². The first kappa shape index (κ1) is 19.0. The highest BCUT2D eigenvalue weighted by Crippen LogP contribution is 2.49. The number of nitrogens with zero attached hydrogens (tertiary/aromatic N) is 2. The van der Waals surface area contributed by atoms with Crippen molar-refractivity contribution in [3.8, 4) is 5.75 Å². The molecule has 3 heterocycles. The monoisotopic (exact) mass is 396 g/mol. The second-order valence-electron chi connectivity index (χ2n) is 9.91. The van der Waals surface area contributed by atoms with Gasteiger partial charge in [-0.3, -0.25) is 9.59 Å². The molecule has 4 fully saturated rings. The molecule has 1 saturated carbocycles. The number of benzene rings is 1. The predicted octanol–water partition coefficient (Wildman–Crippen LogP) is 3.27. The third kappa shape index (κ3) is 3.32. The molecule has 0 unspecified atom stereocenters. The van der Waals surface area contributed by atoms with E-state index in [2.05, 4.69) is 28.9 Å². The fourth-order valence-corrected chi connectivity index (χ4v) is 6.03. The molecule has 29 heavy (non-hydrogen) atoms. The number of amides is 2. The van der Waals surface area contributed by atoms with Crippen LogP contribution >= 0.6 is 0 Å². The van der Waals surface area contributed by atoms with Gasteiger partial charge in [0.2, 0.25) is 11.8 Å². The molecule has 0 N–H and O–H groups in total. The lowest BCUT2D eigenvalue weighted by Crippen LogP contribution is -2.66. The number of ether oxygens (including phenoxy) is 1. The molecular weight excluding hydrogens is 364 g/mol. The van der Waals surface area contributed by atoms with Crippen molar-refractivity contribution >= 4 is 11.8 Å². The van der Waals surface area contributed by atoms with Gasteiger partial charge in [0, 0.05) is 37.0 Å². The van der Waals surface area contributed by atoms with E-state index in [-0.39, 0.29) is 11.5 Å². The zero-order valence-corrected chi connectivity index (χ0v) is 17.6. The van der Waals surface area contributed by atoms with Crippen LogP contribution in [0.25, 0.3) is 0 Å². The van der Waals surface area contributed by atoms with Crippen LogP contribution in [0.4, 0.5) is 0 Å². The third-order valence-electron chi connectivity index (χ3n) is 7.88. The van der Waals surface area contributed by atoms with Crippen LogP contribution in [0.3, 0.4) is 0 Å². The number of piperidine rings is 3. The lowest BCUT2D eigenvalue weighted by molar-refractivity contribution is -0.157. The van der Waals surface area contributed by atoms with Gasteiger partial charge in [0.05, 0.1) is 7.11 Å². The summed E-state index contributed by atoms with van der Waals surface area (Å²) in [5.41, 5.74) is 1.10. The van der Waals surface area contributed by atoms with E-state index in [9.17, 15) is 9.59 Å². The average molecular weight is 397 g/mol. The smallest absolute Gasteiger partial charge is 0.228 e. The van der Waals surface area contributed by atoms with Gasteiger partial charge >= 0.3 is 0 Å². The molecule has 1 aromatic carbocycles. The van der Waals surface area contributed by atoms with Crippen molar-refractivity contribution in [2.45, 2.75) is 64.0 Å². The van der Waals surface area contributed by atoms with E-state index in [4.69, 9.17) is 4.74 Å². The molecule has 0 radical (unpaired) electrons. The molecule has 5 nitrogen and oxygen atoms in total. The summed E-state index contributed by atoms with van der Waals surface area (Å²) in [5, 5.41) is 0. The highest BCUT2D eigenvalue weighted by Gasteiger charge is 2.53. The topological polar surface area (TPSA) is 49.9 Å². The lowest BCUT2D eigenvalue weighted by Gasteiger charge is -2.57. The van der Waals surface area contributed by atoms with Crippen molar-refractivity contribution in [3.05, 3.63) is 29.8 Å². The summed E-state index contributed by atoms with van der Waals surface area (Å²) in [6.07, 6.45) is 6.78. The Bertz CT molecular complexity index is 818. The van der Waals surface area contributed by atoms with Gasteiger partial charge < -0.3 is 14.5 Å². The van der Waals surface area contributed by atoms with Crippen molar-refractivity contribution in [1.29, 1.82) is 0 Å². The van der Waals surface area contributed by atoms with Crippen LogP contribution < -0.4 is 4.74 Å². The van der Waals surface area contributed by atoms with Crippen molar-refractivity contribution < 1.29 is 14.3 Å². The van der Waals surface area contributed by atoms with E-state index >= 15 is 0 Å². The van der Waals surface area contributed by atoms with Crippen molar-refractivity contribution in [2.24, 2.45) is 17.3 Å². The Morgan fingerprint density at radius 2 is 2.03 bits per heavy atom. The van der Waals surface area contributed by atoms with E-state index in [1.807, 2.05) is 12.1 Å². The molecule has 5 heteroatoms. The Balaban J connectivity index is 1.44. The van der Waals surface area contributed by atoms with Gasteiger partial charge in [-0.25, -0.2) is 0 Å². The van der Waals surface area contributed by atoms with Crippen molar-refractivity contribution in [2.75, 3.05) is 20.2 Å². The summed E-state index contributed by atoms with van der Waals surface area (Å²) in [7, 11) is 1.69. The van der Waals surface area contributed by atoms with Gasteiger partial charge in [-0.05, 0) is 68.1 Å². The Hall–Kier alpha value is -2.04. The van der Waals surface area contributed by atoms with Crippen LogP contribution in [0.1, 0.15) is 51.0 Å². The standard InChI is InChI=1S/C24H32N2O3/c1-24(9-10-24)23(28)25-14-17-13-18(15-25)21(26-20(17)7-4-8-22(26)27)12-16-5-3-6-19(11-16)29-2/h3,5-6,11,17-18,20-21H,4,7-10,12-15H2,1-2H3/t17-,18+,20+,21+/m1/s1. The average Bonchev–Trinajstić information content (AvgIpc) is 3.49. The number of fused-ring (bicyclic) bond motifs is 4. The van der Waals surface area contributed by atoms with Gasteiger partial charge in [-0.1, -0.05) is 19.1 Å². The van der Waals surface area contributed by atoms with Gasteiger partial charge in [0.25, 0.3) is 0 Å². The van der Waals surface area contributed by atoms with Gasteiger partial charge in [-0.2, -0.15) is 0 Å². The summed E-state index contributed by atoms with van der Waals surface area (Å²) in [4.78, 5) is 30.5. The van der Waals surface area contributed by atoms with Crippen LogP contribution in [-0.2, 0) is 16.0 Å². The number of carbonyl (C=O) groups excluding carboxylic acids is 2. The minimum Gasteiger partial charge on any atom is -0.497 e. The largest absolute Gasteiger partial charge is 0.497 e. The van der Waals surface area contributed by atoms with Crippen molar-refractivity contribution in [3.63, 3.8) is 0 Å². The molecule has 1 aromatic rings. The minimum atomic E-state index is -0.115. The Labute approximate surface area is 173 Å². The molecule has 2 bridgehead atoms.